The number of nitrogens with zero attached hydrogens (tertiary/aromatic N) is 3. The van der Waals surface area contributed by atoms with E-state index in [9.17, 15) is 4.79 Å². The zero-order valence-corrected chi connectivity index (χ0v) is 17.7. The summed E-state index contributed by atoms with van der Waals surface area (Å²) in [6.07, 6.45) is 1.95. The molecule has 0 aliphatic heterocycles. The number of pyridine rings is 1. The Morgan fingerprint density at radius 2 is 1.83 bits per heavy atom. The van der Waals surface area contributed by atoms with E-state index in [-0.39, 0.29) is 17.7 Å². The molecule has 29 heavy (non-hydrogen) atoms. The van der Waals surface area contributed by atoms with Crippen molar-refractivity contribution in [1.29, 1.82) is 0 Å². The van der Waals surface area contributed by atoms with Gasteiger partial charge in [0.15, 0.2) is 5.82 Å². The van der Waals surface area contributed by atoms with Gasteiger partial charge in [-0.25, -0.2) is 4.98 Å². The molecule has 0 atom stereocenters. The molecule has 0 bridgehead atoms. The summed E-state index contributed by atoms with van der Waals surface area (Å²) in [5.74, 6) is 1.91. The van der Waals surface area contributed by atoms with Gasteiger partial charge in [-0.3, -0.25) is 4.79 Å². The molecule has 0 unspecified atom stereocenters. The molecule has 152 valence electrons. The monoisotopic (exact) mass is 392 g/mol. The number of hydrogen-bond donors (Lipinski definition) is 1. The maximum atomic E-state index is 12.5. The molecule has 0 aliphatic rings. The van der Waals surface area contributed by atoms with Gasteiger partial charge in [0.05, 0.1) is 18.7 Å². The van der Waals surface area contributed by atoms with Crippen LogP contribution in [0.2, 0.25) is 0 Å². The van der Waals surface area contributed by atoms with Gasteiger partial charge < -0.3 is 10.1 Å². The van der Waals surface area contributed by atoms with Gasteiger partial charge in [-0.2, -0.15) is 9.78 Å². The first kappa shape index (κ1) is 20.6. The molecule has 0 fully saturated rings. The molecule has 0 spiro atoms. The van der Waals surface area contributed by atoms with Crippen LogP contribution in [0.3, 0.4) is 0 Å². The van der Waals surface area contributed by atoms with Crippen LogP contribution in [0.25, 0.3) is 5.82 Å². The lowest BCUT2D eigenvalue weighted by Gasteiger charge is -2.13. The van der Waals surface area contributed by atoms with E-state index in [1.165, 1.54) is 0 Å². The van der Waals surface area contributed by atoms with E-state index < -0.39 is 0 Å². The third-order valence-corrected chi connectivity index (χ3v) is 4.40. The molecule has 3 rings (SSSR count). The molecule has 2 aromatic heterocycles. The second-order valence-corrected chi connectivity index (χ2v) is 8.23. The van der Waals surface area contributed by atoms with Gasteiger partial charge in [0.1, 0.15) is 11.6 Å². The predicted molar refractivity (Wildman–Crippen MR) is 115 cm³/mol. The molecule has 0 radical (unpaired) electrons. The van der Waals surface area contributed by atoms with E-state index in [1.807, 2.05) is 50.2 Å². The second kappa shape index (κ2) is 8.47. The van der Waals surface area contributed by atoms with Crippen LogP contribution in [-0.4, -0.2) is 27.3 Å². The van der Waals surface area contributed by atoms with E-state index in [0.29, 0.717) is 18.2 Å². The van der Waals surface area contributed by atoms with Crippen molar-refractivity contribution in [2.75, 3.05) is 11.9 Å². The zero-order chi connectivity index (χ0) is 21.0. The smallest absolute Gasteiger partial charge is 0.228 e. The highest BCUT2D eigenvalue weighted by Gasteiger charge is 2.21. The number of rotatable bonds is 6. The third-order valence-electron chi connectivity index (χ3n) is 4.40. The van der Waals surface area contributed by atoms with Gasteiger partial charge in [-0.05, 0) is 49.2 Å². The van der Waals surface area contributed by atoms with Gasteiger partial charge in [0.25, 0.3) is 0 Å². The number of aromatic nitrogens is 3. The fourth-order valence-corrected chi connectivity index (χ4v) is 2.97. The Kier molecular flexibility index (Phi) is 6.01. The summed E-state index contributed by atoms with van der Waals surface area (Å²) in [7, 11) is 0. The SMILES string of the molecule is Cc1cc(C)cc(OCCC(=O)Nc2cc(C(C)(C)C)nn2-c2ccccn2)c1. The van der Waals surface area contributed by atoms with Crippen molar-refractivity contribution in [1.82, 2.24) is 14.8 Å². The van der Waals surface area contributed by atoms with E-state index >= 15 is 0 Å². The Morgan fingerprint density at radius 1 is 1.10 bits per heavy atom. The Labute approximate surface area is 171 Å². The van der Waals surface area contributed by atoms with Crippen LogP contribution in [0.4, 0.5) is 5.82 Å². The quantitative estimate of drug-likeness (QED) is 0.666. The average molecular weight is 393 g/mol. The van der Waals surface area contributed by atoms with Gasteiger partial charge in [-0.1, -0.05) is 32.9 Å². The minimum absolute atomic E-state index is 0.132. The second-order valence-electron chi connectivity index (χ2n) is 8.23. The molecule has 3 aromatic rings. The zero-order valence-electron chi connectivity index (χ0n) is 17.7. The standard InChI is InChI=1S/C23H28N4O2/c1-16-12-17(2)14-18(13-16)29-11-9-22(28)25-21-15-19(23(3,4)5)26-27(21)20-8-6-7-10-24-20/h6-8,10,12-15H,9,11H2,1-5H3,(H,25,28). The maximum Gasteiger partial charge on any atom is 0.228 e. The van der Waals surface area contributed by atoms with E-state index in [2.05, 4.69) is 42.2 Å². The number of nitrogens with one attached hydrogen (secondary N) is 1. The number of amides is 1. The molecule has 2 heterocycles. The molecule has 1 aromatic carbocycles. The first-order chi connectivity index (χ1) is 13.7. The first-order valence-electron chi connectivity index (χ1n) is 9.75. The molecular weight excluding hydrogens is 364 g/mol. The minimum atomic E-state index is -0.147. The Balaban J connectivity index is 1.70. The molecule has 6 nitrogen and oxygen atoms in total. The third kappa shape index (κ3) is 5.44. The summed E-state index contributed by atoms with van der Waals surface area (Å²) in [5.41, 5.74) is 3.01. The molecule has 1 amide bonds. The topological polar surface area (TPSA) is 69.0 Å². The first-order valence-corrected chi connectivity index (χ1v) is 9.75. The molecule has 1 N–H and O–H groups in total. The average Bonchev–Trinajstić information content (AvgIpc) is 3.06. The molecule has 0 saturated carbocycles. The van der Waals surface area contributed by atoms with Crippen molar-refractivity contribution in [3.8, 4) is 11.6 Å². The summed E-state index contributed by atoms with van der Waals surface area (Å²) >= 11 is 0. The molecule has 0 saturated heterocycles. The highest BCUT2D eigenvalue weighted by Crippen LogP contribution is 2.26. The van der Waals surface area contributed by atoms with Gasteiger partial charge in [0.2, 0.25) is 5.91 Å². The fraction of sp³-hybridized carbons (Fsp3) is 0.348. The number of benzene rings is 1. The van der Waals surface area contributed by atoms with Crippen molar-refractivity contribution in [2.24, 2.45) is 0 Å². The lowest BCUT2D eigenvalue weighted by atomic mass is 9.92. The van der Waals surface area contributed by atoms with Gasteiger partial charge in [-0.15, -0.1) is 0 Å². The number of anilines is 1. The van der Waals surface area contributed by atoms with Crippen LogP contribution in [0.1, 0.15) is 44.0 Å². The van der Waals surface area contributed by atoms with Crippen molar-refractivity contribution < 1.29 is 9.53 Å². The molecular formula is C23H28N4O2. The number of hydrogen-bond acceptors (Lipinski definition) is 4. The predicted octanol–water partition coefficient (Wildman–Crippen LogP) is 4.59. The number of ether oxygens (including phenoxy) is 1. The van der Waals surface area contributed by atoms with Gasteiger partial charge in [0, 0.05) is 17.7 Å². The Morgan fingerprint density at radius 3 is 2.45 bits per heavy atom. The lowest BCUT2D eigenvalue weighted by molar-refractivity contribution is -0.116. The molecule has 0 aliphatic carbocycles. The minimum Gasteiger partial charge on any atom is -0.493 e. The highest BCUT2D eigenvalue weighted by atomic mass is 16.5. The van der Waals surface area contributed by atoms with Crippen LogP contribution in [0.15, 0.2) is 48.7 Å². The van der Waals surface area contributed by atoms with Crippen molar-refractivity contribution in [3.63, 3.8) is 0 Å². The van der Waals surface area contributed by atoms with E-state index in [1.54, 1.807) is 10.9 Å². The van der Waals surface area contributed by atoms with Crippen LogP contribution in [-0.2, 0) is 10.2 Å². The fourth-order valence-electron chi connectivity index (χ4n) is 2.97. The Hall–Kier alpha value is -3.15. The largest absolute Gasteiger partial charge is 0.493 e. The normalized spacial score (nSPS) is 11.3. The number of carbonyl (C=O) groups is 1. The van der Waals surface area contributed by atoms with Crippen LogP contribution in [0.5, 0.6) is 5.75 Å². The van der Waals surface area contributed by atoms with Crippen molar-refractivity contribution in [3.05, 3.63) is 65.5 Å². The lowest BCUT2D eigenvalue weighted by Crippen LogP contribution is -2.18. The summed E-state index contributed by atoms with van der Waals surface area (Å²) in [4.78, 5) is 16.9. The van der Waals surface area contributed by atoms with E-state index in [0.717, 1.165) is 22.6 Å². The molecule has 6 heteroatoms. The van der Waals surface area contributed by atoms with E-state index in [4.69, 9.17) is 4.74 Å². The van der Waals surface area contributed by atoms with Crippen molar-refractivity contribution in [2.45, 2.75) is 46.5 Å². The number of aryl methyl sites for hydroxylation is 2. The summed E-state index contributed by atoms with van der Waals surface area (Å²) in [6.45, 7) is 10.6. The van der Waals surface area contributed by atoms with Gasteiger partial charge >= 0.3 is 0 Å². The van der Waals surface area contributed by atoms with Crippen LogP contribution in [0, 0.1) is 13.8 Å². The van der Waals surface area contributed by atoms with Crippen molar-refractivity contribution >= 4 is 11.7 Å². The maximum absolute atomic E-state index is 12.5. The summed E-state index contributed by atoms with van der Waals surface area (Å²) < 4.78 is 7.42. The highest BCUT2D eigenvalue weighted by molar-refractivity contribution is 5.90. The van der Waals surface area contributed by atoms with Crippen LogP contribution < -0.4 is 10.1 Å². The summed E-state index contributed by atoms with van der Waals surface area (Å²) in [5, 5.41) is 7.61. The Bertz CT molecular complexity index is 968. The van der Waals surface area contributed by atoms with Crippen LogP contribution >= 0.6 is 0 Å². The number of carbonyl (C=O) groups excluding carboxylic acids is 1. The summed E-state index contributed by atoms with van der Waals surface area (Å²) in [6, 6.07) is 13.5.